The number of hydrogen-bond acceptors (Lipinski definition) is 2. The summed E-state index contributed by atoms with van der Waals surface area (Å²) in [7, 11) is 0. The maximum atomic E-state index is 8.68. The van der Waals surface area contributed by atoms with Gasteiger partial charge in [0.15, 0.2) is 0 Å². The van der Waals surface area contributed by atoms with Gasteiger partial charge < -0.3 is 5.32 Å². The van der Waals surface area contributed by atoms with Crippen LogP contribution in [0.3, 0.4) is 0 Å². The number of nitrogens with zero attached hydrogens (tertiary/aromatic N) is 1. The average Bonchev–Trinajstić information content (AvgIpc) is 2.20. The Bertz CT molecular complexity index is 366. The largest absolute Gasteiger partial charge is 0.312 e. The van der Waals surface area contributed by atoms with Crippen molar-refractivity contribution in [1.29, 1.82) is 5.26 Å². The van der Waals surface area contributed by atoms with Crippen LogP contribution in [0.25, 0.3) is 0 Å². The highest BCUT2D eigenvalue weighted by atomic mass is 35.5. The lowest BCUT2D eigenvalue weighted by Gasteiger charge is -2.08. The topological polar surface area (TPSA) is 35.8 Å². The van der Waals surface area contributed by atoms with Gasteiger partial charge in [0.25, 0.3) is 0 Å². The Kier molecular flexibility index (Phi) is 4.61. The smallest absolute Gasteiger partial charge is 0.0992 e. The summed E-state index contributed by atoms with van der Waals surface area (Å²) in [5.41, 5.74) is 1.64. The molecule has 0 heterocycles. The van der Waals surface area contributed by atoms with Gasteiger partial charge in [0.05, 0.1) is 11.6 Å². The van der Waals surface area contributed by atoms with Crippen LogP contribution < -0.4 is 5.32 Å². The van der Waals surface area contributed by atoms with Gasteiger partial charge in [0.2, 0.25) is 0 Å². The number of rotatable bonds is 4. The molecule has 2 nitrogen and oxygen atoms in total. The maximum Gasteiger partial charge on any atom is 0.0992 e. The molecule has 15 heavy (non-hydrogen) atoms. The molecule has 0 atom stereocenters. The van der Waals surface area contributed by atoms with Crippen LogP contribution in [-0.2, 0) is 6.54 Å². The quantitative estimate of drug-likeness (QED) is 0.850. The van der Waals surface area contributed by atoms with Crippen molar-refractivity contribution in [3.8, 4) is 6.07 Å². The maximum absolute atomic E-state index is 8.68. The van der Waals surface area contributed by atoms with Gasteiger partial charge in [-0.15, -0.1) is 0 Å². The summed E-state index contributed by atoms with van der Waals surface area (Å²) in [4.78, 5) is 0. The fraction of sp³-hybridized carbons (Fsp3) is 0.417. The van der Waals surface area contributed by atoms with Crippen LogP contribution in [-0.4, -0.2) is 6.54 Å². The van der Waals surface area contributed by atoms with Crippen LogP contribution in [0.5, 0.6) is 0 Å². The lowest BCUT2D eigenvalue weighted by atomic mass is 10.1. The molecule has 0 fully saturated rings. The third-order valence-electron chi connectivity index (χ3n) is 2.05. The summed E-state index contributed by atoms with van der Waals surface area (Å²) in [6.07, 6.45) is 0. The van der Waals surface area contributed by atoms with Crippen molar-refractivity contribution in [1.82, 2.24) is 5.32 Å². The van der Waals surface area contributed by atoms with Crippen molar-refractivity contribution in [3.05, 3.63) is 34.3 Å². The Labute approximate surface area is 95.9 Å². The highest BCUT2D eigenvalue weighted by Crippen LogP contribution is 2.17. The SMILES string of the molecule is CC(C)CNCc1ccc(C#N)cc1Cl. The van der Waals surface area contributed by atoms with E-state index in [0.717, 1.165) is 18.7 Å². The highest BCUT2D eigenvalue weighted by Gasteiger charge is 2.01. The fourth-order valence-electron chi connectivity index (χ4n) is 1.26. The van der Waals surface area contributed by atoms with Gasteiger partial charge in [-0.3, -0.25) is 0 Å². The molecule has 3 heteroatoms. The van der Waals surface area contributed by atoms with Crippen LogP contribution in [0.2, 0.25) is 5.02 Å². The minimum absolute atomic E-state index is 0.604. The molecule has 1 aromatic rings. The van der Waals surface area contributed by atoms with E-state index in [4.69, 9.17) is 16.9 Å². The summed E-state index contributed by atoms with van der Waals surface area (Å²) >= 11 is 6.03. The van der Waals surface area contributed by atoms with E-state index in [1.165, 1.54) is 0 Å². The zero-order valence-electron chi connectivity index (χ0n) is 9.05. The molecule has 1 N–H and O–H groups in total. The molecule has 0 spiro atoms. The van der Waals surface area contributed by atoms with E-state index < -0.39 is 0 Å². The highest BCUT2D eigenvalue weighted by molar-refractivity contribution is 6.31. The lowest BCUT2D eigenvalue weighted by Crippen LogP contribution is -2.19. The van der Waals surface area contributed by atoms with E-state index in [1.807, 2.05) is 6.07 Å². The molecule has 0 unspecified atom stereocenters. The van der Waals surface area contributed by atoms with Gasteiger partial charge in [-0.25, -0.2) is 0 Å². The molecule has 0 aliphatic carbocycles. The molecule has 0 bridgehead atoms. The summed E-state index contributed by atoms with van der Waals surface area (Å²) in [5.74, 6) is 0.627. The number of hydrogen-bond donors (Lipinski definition) is 1. The minimum atomic E-state index is 0.604. The summed E-state index contributed by atoms with van der Waals surface area (Å²) < 4.78 is 0. The van der Waals surface area contributed by atoms with Gasteiger partial charge in [0.1, 0.15) is 0 Å². The third-order valence-corrected chi connectivity index (χ3v) is 2.40. The van der Waals surface area contributed by atoms with Crippen molar-refractivity contribution in [2.24, 2.45) is 5.92 Å². The van der Waals surface area contributed by atoms with Gasteiger partial charge in [-0.05, 0) is 30.2 Å². The van der Waals surface area contributed by atoms with E-state index in [-0.39, 0.29) is 0 Å². The van der Waals surface area contributed by atoms with Crippen molar-refractivity contribution in [3.63, 3.8) is 0 Å². The average molecular weight is 223 g/mol. The predicted molar refractivity (Wildman–Crippen MR) is 62.7 cm³/mol. The van der Waals surface area contributed by atoms with Gasteiger partial charge in [-0.1, -0.05) is 31.5 Å². The zero-order chi connectivity index (χ0) is 11.3. The second kappa shape index (κ2) is 5.75. The molecule has 1 rings (SSSR count). The number of nitriles is 1. The second-order valence-electron chi connectivity index (χ2n) is 3.94. The summed E-state index contributed by atoms with van der Waals surface area (Å²) in [5, 5.41) is 12.6. The van der Waals surface area contributed by atoms with Crippen LogP contribution in [0.15, 0.2) is 18.2 Å². The van der Waals surface area contributed by atoms with Gasteiger partial charge in [0, 0.05) is 11.6 Å². The summed E-state index contributed by atoms with van der Waals surface area (Å²) in [6, 6.07) is 7.45. The second-order valence-corrected chi connectivity index (χ2v) is 4.35. The van der Waals surface area contributed by atoms with Crippen LogP contribution in [0.1, 0.15) is 25.0 Å². The number of nitrogens with one attached hydrogen (secondary N) is 1. The van der Waals surface area contributed by atoms with E-state index in [0.29, 0.717) is 16.5 Å². The monoisotopic (exact) mass is 222 g/mol. The van der Waals surface area contributed by atoms with E-state index in [9.17, 15) is 0 Å². The molecule has 0 aliphatic rings. The Morgan fingerprint density at radius 1 is 1.47 bits per heavy atom. The third kappa shape index (κ3) is 3.91. The summed E-state index contributed by atoms with van der Waals surface area (Å²) in [6.45, 7) is 6.04. The van der Waals surface area contributed by atoms with E-state index >= 15 is 0 Å². The van der Waals surface area contributed by atoms with Crippen molar-refractivity contribution in [2.45, 2.75) is 20.4 Å². The van der Waals surface area contributed by atoms with E-state index in [1.54, 1.807) is 12.1 Å². The Balaban J connectivity index is 2.59. The first-order chi connectivity index (χ1) is 7.13. The lowest BCUT2D eigenvalue weighted by molar-refractivity contribution is 0.552. The van der Waals surface area contributed by atoms with E-state index in [2.05, 4.69) is 25.2 Å². The van der Waals surface area contributed by atoms with Crippen LogP contribution in [0.4, 0.5) is 0 Å². The Morgan fingerprint density at radius 2 is 2.20 bits per heavy atom. The van der Waals surface area contributed by atoms with Gasteiger partial charge in [-0.2, -0.15) is 5.26 Å². The van der Waals surface area contributed by atoms with Crippen molar-refractivity contribution < 1.29 is 0 Å². The molecule has 0 saturated heterocycles. The molecule has 80 valence electrons. The van der Waals surface area contributed by atoms with Crippen molar-refractivity contribution in [2.75, 3.05) is 6.54 Å². The molecule has 1 aromatic carbocycles. The molecular formula is C12H15ClN2. The van der Waals surface area contributed by atoms with Gasteiger partial charge >= 0.3 is 0 Å². The number of halogens is 1. The fourth-order valence-corrected chi connectivity index (χ4v) is 1.50. The normalized spacial score (nSPS) is 10.3. The number of benzene rings is 1. The van der Waals surface area contributed by atoms with Crippen LogP contribution >= 0.6 is 11.6 Å². The molecule has 0 aromatic heterocycles. The zero-order valence-corrected chi connectivity index (χ0v) is 9.80. The Morgan fingerprint density at radius 3 is 2.73 bits per heavy atom. The van der Waals surface area contributed by atoms with Crippen LogP contribution in [0, 0.1) is 17.2 Å². The molecular weight excluding hydrogens is 208 g/mol. The standard InChI is InChI=1S/C12H15ClN2/c1-9(2)7-15-8-11-4-3-10(6-14)5-12(11)13/h3-5,9,15H,7-8H2,1-2H3. The molecule has 0 aliphatic heterocycles. The van der Waals surface area contributed by atoms with Crippen molar-refractivity contribution >= 4 is 11.6 Å². The molecule has 0 saturated carbocycles. The molecule has 0 amide bonds. The predicted octanol–water partition coefficient (Wildman–Crippen LogP) is 2.96. The first-order valence-electron chi connectivity index (χ1n) is 5.02. The first-order valence-corrected chi connectivity index (χ1v) is 5.40. The first kappa shape index (κ1) is 12.0. The Hall–Kier alpha value is -1.04. The molecule has 0 radical (unpaired) electrons. The minimum Gasteiger partial charge on any atom is -0.312 e.